The van der Waals surface area contributed by atoms with Gasteiger partial charge < -0.3 is 14.4 Å². The Balaban J connectivity index is 0.000000443. The van der Waals surface area contributed by atoms with Crippen molar-refractivity contribution >= 4 is 11.5 Å². The summed E-state index contributed by atoms with van der Waals surface area (Å²) in [4.78, 5) is 14.8. The van der Waals surface area contributed by atoms with E-state index in [0.29, 0.717) is 30.2 Å². The maximum absolute atomic E-state index is 13.1. The van der Waals surface area contributed by atoms with Crippen LogP contribution in [0.4, 0.5) is 4.39 Å². The Morgan fingerprint density at radius 2 is 1.61 bits per heavy atom. The third kappa shape index (κ3) is 7.69. The van der Waals surface area contributed by atoms with Crippen LogP contribution in [-0.2, 0) is 0 Å². The number of halogens is 1. The van der Waals surface area contributed by atoms with Crippen molar-refractivity contribution in [1.82, 2.24) is 4.90 Å². The van der Waals surface area contributed by atoms with Crippen LogP contribution in [0.2, 0.25) is 0 Å². The van der Waals surface area contributed by atoms with Gasteiger partial charge in [-0.15, -0.1) is 6.58 Å². The fraction of sp³-hybridized carbons (Fsp3) is 0.242. The fourth-order valence-electron chi connectivity index (χ4n) is 3.79. The Kier molecular flexibility index (Phi) is 10.5. The van der Waals surface area contributed by atoms with E-state index in [1.54, 1.807) is 41.3 Å². The highest BCUT2D eigenvalue weighted by molar-refractivity contribution is 5.95. The molecule has 0 N–H and O–H groups in total. The number of allylic oxidation sites excluding steroid dienone is 3. The number of fused-ring (bicyclic) bond motifs is 1. The van der Waals surface area contributed by atoms with Crippen molar-refractivity contribution in [3.63, 3.8) is 0 Å². The van der Waals surface area contributed by atoms with Crippen LogP contribution < -0.4 is 9.47 Å². The van der Waals surface area contributed by atoms with Crippen LogP contribution >= 0.6 is 0 Å². The van der Waals surface area contributed by atoms with Crippen molar-refractivity contribution in [2.75, 3.05) is 13.1 Å². The normalized spacial score (nSPS) is 15.1. The molecule has 4 nitrogen and oxygen atoms in total. The Bertz CT molecular complexity index is 1280. The second kappa shape index (κ2) is 14.0. The minimum absolute atomic E-state index is 0.0426. The number of ether oxygens (including phenoxy) is 2. The molecule has 0 fully saturated rings. The summed E-state index contributed by atoms with van der Waals surface area (Å²) >= 11 is 0. The Morgan fingerprint density at radius 1 is 0.974 bits per heavy atom. The molecule has 1 amide bonds. The highest BCUT2D eigenvalue weighted by Crippen LogP contribution is 2.41. The molecule has 3 aromatic rings. The molecule has 5 heteroatoms. The quantitative estimate of drug-likeness (QED) is 0.330. The predicted molar refractivity (Wildman–Crippen MR) is 153 cm³/mol. The van der Waals surface area contributed by atoms with E-state index in [4.69, 9.17) is 9.47 Å². The van der Waals surface area contributed by atoms with Crippen molar-refractivity contribution in [2.45, 2.75) is 40.4 Å². The molecule has 0 bridgehead atoms. The summed E-state index contributed by atoms with van der Waals surface area (Å²) in [5.41, 5.74) is 5.01. The van der Waals surface area contributed by atoms with Crippen LogP contribution in [0, 0.1) is 5.82 Å². The number of benzene rings is 3. The highest BCUT2D eigenvalue weighted by Gasteiger charge is 2.28. The topological polar surface area (TPSA) is 38.8 Å². The summed E-state index contributed by atoms with van der Waals surface area (Å²) in [6, 6.07) is 21.5. The molecule has 0 aromatic heterocycles. The average molecular weight is 514 g/mol. The average Bonchev–Trinajstić information content (AvgIpc) is 3.38. The standard InChI is InChI=1S/C25H20FNO3.C5H10.C3H6/c26-21-9-6-17(7-10-21)18-12-14-27(15-13-18)24(28)20-8-11-22-23(16-20)30-25(29-22)19-4-2-1-3-5-19;1-4-5(2)3;1-3-2/h1-12,16,25H,13-15H2;4H,1-3H3;3H,1H2,2H3. The smallest absolute Gasteiger partial charge is 0.267 e. The van der Waals surface area contributed by atoms with E-state index >= 15 is 0 Å². The molecule has 0 radical (unpaired) electrons. The van der Waals surface area contributed by atoms with Crippen LogP contribution in [0.15, 0.2) is 103 Å². The molecule has 1 unspecified atom stereocenters. The van der Waals surface area contributed by atoms with Crippen molar-refractivity contribution in [1.29, 1.82) is 0 Å². The van der Waals surface area contributed by atoms with Gasteiger partial charge in [-0.25, -0.2) is 4.39 Å². The van der Waals surface area contributed by atoms with E-state index in [1.165, 1.54) is 17.7 Å². The fourth-order valence-corrected chi connectivity index (χ4v) is 3.79. The lowest BCUT2D eigenvalue weighted by molar-refractivity contribution is 0.0486. The van der Waals surface area contributed by atoms with Gasteiger partial charge in [0.1, 0.15) is 5.82 Å². The monoisotopic (exact) mass is 513 g/mol. The molecule has 38 heavy (non-hydrogen) atoms. The van der Waals surface area contributed by atoms with Gasteiger partial charge in [0.05, 0.1) is 0 Å². The second-order valence-electron chi connectivity index (χ2n) is 9.15. The maximum atomic E-state index is 13.1. The van der Waals surface area contributed by atoms with E-state index in [1.807, 2.05) is 50.3 Å². The Hall–Kier alpha value is -4.12. The zero-order chi connectivity index (χ0) is 27.5. The summed E-state index contributed by atoms with van der Waals surface area (Å²) in [6.45, 7) is 12.6. The summed E-state index contributed by atoms with van der Waals surface area (Å²) in [6.07, 6.45) is 6.10. The minimum Gasteiger partial charge on any atom is -0.447 e. The Morgan fingerprint density at radius 3 is 2.18 bits per heavy atom. The van der Waals surface area contributed by atoms with E-state index in [-0.39, 0.29) is 11.7 Å². The van der Waals surface area contributed by atoms with Gasteiger partial charge in [0.2, 0.25) is 0 Å². The molecule has 198 valence electrons. The van der Waals surface area contributed by atoms with E-state index in [0.717, 1.165) is 23.1 Å². The highest BCUT2D eigenvalue weighted by atomic mass is 19.1. The van der Waals surface area contributed by atoms with Crippen LogP contribution in [0.5, 0.6) is 11.5 Å². The van der Waals surface area contributed by atoms with Gasteiger partial charge in [-0.05, 0) is 75.6 Å². The lowest BCUT2D eigenvalue weighted by Crippen LogP contribution is -2.34. The number of nitrogens with zero attached hydrogens (tertiary/aromatic N) is 1. The van der Waals surface area contributed by atoms with E-state index < -0.39 is 6.29 Å². The molecule has 2 aliphatic heterocycles. The first-order valence-electron chi connectivity index (χ1n) is 12.8. The van der Waals surface area contributed by atoms with Gasteiger partial charge in [0, 0.05) is 24.2 Å². The molecule has 2 aliphatic rings. The first kappa shape index (κ1) is 28.5. The van der Waals surface area contributed by atoms with Gasteiger partial charge in [0.25, 0.3) is 12.2 Å². The van der Waals surface area contributed by atoms with Crippen molar-refractivity contribution in [3.8, 4) is 11.5 Å². The van der Waals surface area contributed by atoms with Gasteiger partial charge in [-0.3, -0.25) is 4.79 Å². The molecular formula is C33H36FNO3. The zero-order valence-electron chi connectivity index (χ0n) is 22.6. The summed E-state index contributed by atoms with van der Waals surface area (Å²) in [5, 5.41) is 0. The van der Waals surface area contributed by atoms with Crippen molar-refractivity contribution in [3.05, 3.63) is 126 Å². The van der Waals surface area contributed by atoms with Gasteiger partial charge >= 0.3 is 0 Å². The van der Waals surface area contributed by atoms with Crippen LogP contribution in [0.3, 0.4) is 0 Å². The summed E-state index contributed by atoms with van der Waals surface area (Å²) < 4.78 is 24.9. The van der Waals surface area contributed by atoms with E-state index in [2.05, 4.69) is 26.5 Å². The third-order valence-corrected chi connectivity index (χ3v) is 6.02. The molecule has 0 spiro atoms. The zero-order valence-corrected chi connectivity index (χ0v) is 22.6. The second-order valence-corrected chi connectivity index (χ2v) is 9.15. The van der Waals surface area contributed by atoms with Crippen molar-refractivity contribution in [2.24, 2.45) is 0 Å². The molecule has 2 heterocycles. The first-order chi connectivity index (χ1) is 18.4. The number of carbonyl (C=O) groups excluding carboxylic acids is 1. The van der Waals surface area contributed by atoms with Crippen LogP contribution in [-0.4, -0.2) is 23.9 Å². The molecule has 3 aromatic carbocycles. The predicted octanol–water partition coefficient (Wildman–Crippen LogP) is 8.39. The lowest BCUT2D eigenvalue weighted by Gasteiger charge is -2.27. The lowest BCUT2D eigenvalue weighted by atomic mass is 9.99. The maximum Gasteiger partial charge on any atom is 0.267 e. The van der Waals surface area contributed by atoms with Gasteiger partial charge in [-0.2, -0.15) is 0 Å². The molecular weight excluding hydrogens is 477 g/mol. The van der Waals surface area contributed by atoms with Gasteiger partial charge in [-0.1, -0.05) is 66.3 Å². The molecule has 0 aliphatic carbocycles. The molecule has 0 saturated carbocycles. The van der Waals surface area contributed by atoms with Gasteiger partial charge in [0.15, 0.2) is 11.5 Å². The number of hydrogen-bond donors (Lipinski definition) is 0. The summed E-state index contributed by atoms with van der Waals surface area (Å²) in [5.74, 6) is 0.926. The van der Waals surface area contributed by atoms with Crippen LogP contribution in [0.25, 0.3) is 5.57 Å². The van der Waals surface area contributed by atoms with Crippen molar-refractivity contribution < 1.29 is 18.7 Å². The number of carbonyl (C=O) groups is 1. The SMILES string of the molecule is C=CC.CC=C(C)C.O=C(c1ccc2c(c1)OC(c1ccccc1)O2)N1CC=C(c2ccc(F)cc2)CC1. The molecule has 1 atom stereocenters. The number of hydrogen-bond acceptors (Lipinski definition) is 3. The largest absolute Gasteiger partial charge is 0.447 e. The van der Waals surface area contributed by atoms with Crippen LogP contribution in [0.1, 0.15) is 61.9 Å². The number of amides is 1. The molecule has 0 saturated heterocycles. The van der Waals surface area contributed by atoms with E-state index in [9.17, 15) is 9.18 Å². The minimum atomic E-state index is -0.497. The summed E-state index contributed by atoms with van der Waals surface area (Å²) in [7, 11) is 0. The third-order valence-electron chi connectivity index (χ3n) is 6.02. The number of rotatable bonds is 3. The Labute approximate surface area is 225 Å². The first-order valence-corrected chi connectivity index (χ1v) is 12.8. The molecule has 5 rings (SSSR count).